The van der Waals surface area contributed by atoms with E-state index in [2.05, 4.69) is 0 Å². The van der Waals surface area contributed by atoms with Crippen molar-refractivity contribution in [3.8, 4) is 0 Å². The predicted molar refractivity (Wildman–Crippen MR) is 43.4 cm³/mol. The van der Waals surface area contributed by atoms with Crippen LogP contribution in [0.2, 0.25) is 0 Å². The van der Waals surface area contributed by atoms with Gasteiger partial charge in [0, 0.05) is 5.57 Å². The van der Waals surface area contributed by atoms with E-state index in [0.717, 1.165) is 0 Å². The molecule has 1 N–H and O–H groups in total. The van der Waals surface area contributed by atoms with Crippen LogP contribution < -0.4 is 0 Å². The lowest BCUT2D eigenvalue weighted by atomic mass is 10.1. The van der Waals surface area contributed by atoms with Crippen molar-refractivity contribution in [2.45, 2.75) is 32.6 Å². The van der Waals surface area contributed by atoms with Crippen LogP contribution in [0.5, 0.6) is 0 Å². The molecule has 0 atom stereocenters. The molecule has 1 rings (SSSR count). The van der Waals surface area contributed by atoms with Gasteiger partial charge in [-0.15, -0.1) is 0 Å². The van der Waals surface area contributed by atoms with Gasteiger partial charge in [-0.1, -0.05) is 18.9 Å². The Balaban J connectivity index is 2.49. The molecule has 1 fully saturated rings. The highest BCUT2D eigenvalue weighted by atomic mass is 16.4. The third-order valence-electron chi connectivity index (χ3n) is 2.22. The molecule has 1 aliphatic rings. The Morgan fingerprint density at radius 3 is 2.45 bits per heavy atom. The maximum atomic E-state index is 10.4. The molecule has 0 unspecified atom stereocenters. The highest BCUT2D eigenvalue weighted by molar-refractivity contribution is 5.85. The standard InChI is InChI=1S/C9H14O2/c1-7(9(10)11)6-8-4-2-3-5-8/h6,8H,2-5H2,1H3,(H,10,11)/b7-6-. The second-order valence-corrected chi connectivity index (χ2v) is 3.20. The van der Waals surface area contributed by atoms with E-state index in [1.54, 1.807) is 6.92 Å². The van der Waals surface area contributed by atoms with Crippen LogP contribution in [0, 0.1) is 5.92 Å². The van der Waals surface area contributed by atoms with Crippen LogP contribution in [0.4, 0.5) is 0 Å². The quantitative estimate of drug-likeness (QED) is 0.619. The minimum atomic E-state index is -0.781. The number of rotatable bonds is 2. The van der Waals surface area contributed by atoms with Crippen molar-refractivity contribution < 1.29 is 9.90 Å². The lowest BCUT2D eigenvalue weighted by molar-refractivity contribution is -0.132. The fraction of sp³-hybridized carbons (Fsp3) is 0.667. The molecule has 0 aromatic rings. The molecule has 0 aliphatic heterocycles. The van der Waals surface area contributed by atoms with Crippen molar-refractivity contribution in [2.24, 2.45) is 5.92 Å². The van der Waals surface area contributed by atoms with Crippen LogP contribution in [-0.2, 0) is 4.79 Å². The molecular weight excluding hydrogens is 140 g/mol. The lowest BCUT2D eigenvalue weighted by Gasteiger charge is -2.01. The summed E-state index contributed by atoms with van der Waals surface area (Å²) in [6, 6.07) is 0. The first-order chi connectivity index (χ1) is 5.20. The number of carboxylic acids is 1. The summed E-state index contributed by atoms with van der Waals surface area (Å²) in [5.74, 6) is -0.247. The molecular formula is C9H14O2. The molecule has 0 spiro atoms. The molecule has 11 heavy (non-hydrogen) atoms. The first kappa shape index (κ1) is 8.31. The zero-order valence-corrected chi connectivity index (χ0v) is 6.84. The number of hydrogen-bond donors (Lipinski definition) is 1. The van der Waals surface area contributed by atoms with Crippen molar-refractivity contribution >= 4 is 5.97 Å². The molecule has 0 bridgehead atoms. The Bertz CT molecular complexity index is 176. The molecule has 0 amide bonds. The predicted octanol–water partition coefficient (Wildman–Crippen LogP) is 2.21. The molecule has 0 aromatic heterocycles. The lowest BCUT2D eigenvalue weighted by Crippen LogP contribution is -1.99. The van der Waals surface area contributed by atoms with E-state index >= 15 is 0 Å². The number of carbonyl (C=O) groups is 1. The van der Waals surface area contributed by atoms with Gasteiger partial charge in [0.25, 0.3) is 0 Å². The fourth-order valence-electron chi connectivity index (χ4n) is 1.55. The van der Waals surface area contributed by atoms with Crippen LogP contribution >= 0.6 is 0 Å². The van der Waals surface area contributed by atoms with Gasteiger partial charge < -0.3 is 5.11 Å². The number of aliphatic carboxylic acids is 1. The summed E-state index contributed by atoms with van der Waals surface area (Å²) in [5.41, 5.74) is 0.497. The smallest absolute Gasteiger partial charge is 0.330 e. The second kappa shape index (κ2) is 3.56. The van der Waals surface area contributed by atoms with E-state index in [0.29, 0.717) is 11.5 Å². The zero-order chi connectivity index (χ0) is 8.27. The van der Waals surface area contributed by atoms with E-state index in [4.69, 9.17) is 5.11 Å². The Morgan fingerprint density at radius 2 is 2.00 bits per heavy atom. The van der Waals surface area contributed by atoms with Crippen molar-refractivity contribution in [1.29, 1.82) is 0 Å². The Hall–Kier alpha value is -0.790. The third-order valence-corrected chi connectivity index (χ3v) is 2.22. The zero-order valence-electron chi connectivity index (χ0n) is 6.84. The van der Waals surface area contributed by atoms with Gasteiger partial charge in [-0.25, -0.2) is 4.79 Å². The maximum absolute atomic E-state index is 10.4. The largest absolute Gasteiger partial charge is 0.478 e. The van der Waals surface area contributed by atoms with Gasteiger partial charge in [-0.3, -0.25) is 0 Å². The summed E-state index contributed by atoms with van der Waals surface area (Å²) in [4.78, 5) is 10.4. The first-order valence-electron chi connectivity index (χ1n) is 4.12. The minimum Gasteiger partial charge on any atom is -0.478 e. The monoisotopic (exact) mass is 154 g/mol. The van der Waals surface area contributed by atoms with Crippen LogP contribution in [0.25, 0.3) is 0 Å². The summed E-state index contributed by atoms with van der Waals surface area (Å²) < 4.78 is 0. The summed E-state index contributed by atoms with van der Waals surface area (Å²) in [7, 11) is 0. The minimum absolute atomic E-state index is 0.497. The molecule has 0 heterocycles. The van der Waals surface area contributed by atoms with Crippen LogP contribution in [0.15, 0.2) is 11.6 Å². The Morgan fingerprint density at radius 1 is 1.45 bits per heavy atom. The van der Waals surface area contributed by atoms with Crippen LogP contribution in [-0.4, -0.2) is 11.1 Å². The average Bonchev–Trinajstić information content (AvgIpc) is 2.39. The third kappa shape index (κ3) is 2.37. The van der Waals surface area contributed by atoms with Gasteiger partial charge in [0.05, 0.1) is 0 Å². The Kier molecular flexibility index (Phi) is 2.69. The molecule has 1 saturated carbocycles. The van der Waals surface area contributed by atoms with Crippen LogP contribution in [0.3, 0.4) is 0 Å². The second-order valence-electron chi connectivity index (χ2n) is 3.20. The van der Waals surface area contributed by atoms with Gasteiger partial charge >= 0.3 is 5.97 Å². The SMILES string of the molecule is C/C(=C/C1CCCC1)C(=O)O. The maximum Gasteiger partial charge on any atom is 0.330 e. The van der Waals surface area contributed by atoms with E-state index in [1.807, 2.05) is 6.08 Å². The fourth-order valence-corrected chi connectivity index (χ4v) is 1.55. The van der Waals surface area contributed by atoms with Gasteiger partial charge in [-0.05, 0) is 25.7 Å². The van der Waals surface area contributed by atoms with E-state index in [-0.39, 0.29) is 0 Å². The van der Waals surface area contributed by atoms with Gasteiger partial charge in [0.2, 0.25) is 0 Å². The van der Waals surface area contributed by atoms with Crippen LogP contribution in [0.1, 0.15) is 32.6 Å². The summed E-state index contributed by atoms with van der Waals surface area (Å²) in [6.45, 7) is 1.67. The molecule has 0 radical (unpaired) electrons. The first-order valence-corrected chi connectivity index (χ1v) is 4.12. The normalized spacial score (nSPS) is 20.6. The summed E-state index contributed by atoms with van der Waals surface area (Å²) in [6.07, 6.45) is 6.76. The molecule has 2 heteroatoms. The average molecular weight is 154 g/mol. The molecule has 2 nitrogen and oxygen atoms in total. The van der Waals surface area contributed by atoms with Crippen molar-refractivity contribution in [3.63, 3.8) is 0 Å². The number of hydrogen-bond acceptors (Lipinski definition) is 1. The van der Waals surface area contributed by atoms with Crippen molar-refractivity contribution in [1.82, 2.24) is 0 Å². The van der Waals surface area contributed by atoms with E-state index in [9.17, 15) is 4.79 Å². The summed E-state index contributed by atoms with van der Waals surface area (Å²) in [5, 5.41) is 8.57. The number of allylic oxidation sites excluding steroid dienone is 1. The molecule has 0 aromatic carbocycles. The van der Waals surface area contributed by atoms with Gasteiger partial charge in [0.1, 0.15) is 0 Å². The molecule has 1 aliphatic carbocycles. The van der Waals surface area contributed by atoms with Gasteiger partial charge in [-0.2, -0.15) is 0 Å². The topological polar surface area (TPSA) is 37.3 Å². The van der Waals surface area contributed by atoms with Crippen molar-refractivity contribution in [2.75, 3.05) is 0 Å². The Labute approximate surface area is 66.9 Å². The van der Waals surface area contributed by atoms with E-state index < -0.39 is 5.97 Å². The highest BCUT2D eigenvalue weighted by Gasteiger charge is 2.13. The summed E-state index contributed by atoms with van der Waals surface area (Å²) >= 11 is 0. The van der Waals surface area contributed by atoms with Crippen molar-refractivity contribution in [3.05, 3.63) is 11.6 Å². The van der Waals surface area contributed by atoms with E-state index in [1.165, 1.54) is 25.7 Å². The highest BCUT2D eigenvalue weighted by Crippen LogP contribution is 2.26. The number of carboxylic acid groups (broad SMARTS) is 1. The van der Waals surface area contributed by atoms with Gasteiger partial charge in [0.15, 0.2) is 0 Å². The molecule has 62 valence electrons. The molecule has 0 saturated heterocycles.